The quantitative estimate of drug-likeness (QED) is 0.285. The molecule has 2 bridgehead atoms. The molecule has 3 fully saturated rings. The Morgan fingerprint density at radius 3 is 2.30 bits per heavy atom. The van der Waals surface area contributed by atoms with Crippen molar-refractivity contribution < 1.29 is 19.1 Å². The molecular formula is C29H40O4. The van der Waals surface area contributed by atoms with E-state index in [2.05, 4.69) is 27.7 Å². The van der Waals surface area contributed by atoms with E-state index >= 15 is 0 Å². The summed E-state index contributed by atoms with van der Waals surface area (Å²) in [5.74, 6) is 1.87. The van der Waals surface area contributed by atoms with E-state index in [1.165, 1.54) is 31.8 Å². The SMILES string of the molecule is C[C@@H]1CC[C@H]2C(C)(C)[C@H]3C[C@@]12CC[C@@]3(C)OC(=O)/C=C/c1ccc(OC(=O)C(C)(C)C)cc1. The average Bonchev–Trinajstić information content (AvgIpc) is 3.15. The maximum atomic E-state index is 12.8. The van der Waals surface area contributed by atoms with Gasteiger partial charge in [-0.05, 0) is 106 Å². The van der Waals surface area contributed by atoms with Crippen molar-refractivity contribution in [3.63, 3.8) is 0 Å². The number of rotatable bonds is 4. The molecule has 0 unspecified atom stereocenters. The van der Waals surface area contributed by atoms with Gasteiger partial charge in [0.2, 0.25) is 0 Å². The summed E-state index contributed by atoms with van der Waals surface area (Å²) < 4.78 is 11.6. The lowest BCUT2D eigenvalue weighted by molar-refractivity contribution is -0.167. The van der Waals surface area contributed by atoms with Crippen molar-refractivity contribution in [3.8, 4) is 5.75 Å². The molecule has 180 valence electrons. The Bertz CT molecular complexity index is 951. The van der Waals surface area contributed by atoms with E-state index in [-0.39, 0.29) is 17.4 Å². The molecule has 0 heterocycles. The first-order chi connectivity index (χ1) is 15.3. The smallest absolute Gasteiger partial charge is 0.331 e. The number of hydrogen-bond donors (Lipinski definition) is 0. The second-order valence-corrected chi connectivity index (χ2v) is 12.6. The largest absolute Gasteiger partial charge is 0.456 e. The van der Waals surface area contributed by atoms with E-state index in [1.54, 1.807) is 18.2 Å². The first-order valence-electron chi connectivity index (χ1n) is 12.5. The highest BCUT2D eigenvalue weighted by atomic mass is 16.6. The van der Waals surface area contributed by atoms with Crippen LogP contribution in [-0.4, -0.2) is 17.5 Å². The van der Waals surface area contributed by atoms with Crippen LogP contribution in [0.25, 0.3) is 6.08 Å². The molecule has 0 N–H and O–H groups in total. The first-order valence-corrected chi connectivity index (χ1v) is 12.5. The summed E-state index contributed by atoms with van der Waals surface area (Å²) in [7, 11) is 0. The number of carbonyl (C=O) groups excluding carboxylic acids is 2. The number of esters is 2. The minimum atomic E-state index is -0.554. The summed E-state index contributed by atoms with van der Waals surface area (Å²) in [6.07, 6.45) is 9.26. The zero-order chi connectivity index (χ0) is 24.2. The van der Waals surface area contributed by atoms with Crippen molar-refractivity contribution >= 4 is 18.0 Å². The van der Waals surface area contributed by atoms with Gasteiger partial charge < -0.3 is 9.47 Å². The molecule has 1 aromatic rings. The normalized spacial score (nSPS) is 34.8. The lowest BCUT2D eigenvalue weighted by Gasteiger charge is -2.46. The monoisotopic (exact) mass is 452 g/mol. The topological polar surface area (TPSA) is 52.6 Å². The number of carbonyl (C=O) groups is 2. The minimum absolute atomic E-state index is 0.195. The Balaban J connectivity index is 1.40. The van der Waals surface area contributed by atoms with Crippen molar-refractivity contribution in [2.75, 3.05) is 0 Å². The Morgan fingerprint density at radius 1 is 1.00 bits per heavy atom. The fourth-order valence-corrected chi connectivity index (χ4v) is 7.32. The second kappa shape index (κ2) is 7.99. The Morgan fingerprint density at radius 2 is 1.67 bits per heavy atom. The lowest BCUT2D eigenvalue weighted by atomic mass is 9.64. The molecule has 1 aromatic carbocycles. The van der Waals surface area contributed by atoms with Crippen molar-refractivity contribution in [1.82, 2.24) is 0 Å². The summed E-state index contributed by atoms with van der Waals surface area (Å²) in [5.41, 5.74) is 0.543. The van der Waals surface area contributed by atoms with Crippen LogP contribution in [0.5, 0.6) is 5.75 Å². The molecule has 4 heteroatoms. The number of fused-ring (bicyclic) bond motifs is 1. The van der Waals surface area contributed by atoms with Gasteiger partial charge in [0.05, 0.1) is 5.41 Å². The van der Waals surface area contributed by atoms with Gasteiger partial charge in [-0.3, -0.25) is 4.79 Å². The Labute approximate surface area is 199 Å². The number of benzene rings is 1. The van der Waals surface area contributed by atoms with Crippen LogP contribution in [0.15, 0.2) is 30.3 Å². The van der Waals surface area contributed by atoms with Crippen LogP contribution in [0.1, 0.15) is 86.1 Å². The fourth-order valence-electron chi connectivity index (χ4n) is 7.32. The van der Waals surface area contributed by atoms with Crippen LogP contribution in [0.4, 0.5) is 0 Å². The molecule has 0 aliphatic heterocycles. The molecule has 0 aromatic heterocycles. The van der Waals surface area contributed by atoms with E-state index < -0.39 is 11.0 Å². The molecule has 0 radical (unpaired) electrons. The van der Waals surface area contributed by atoms with Crippen molar-refractivity contribution in [2.24, 2.45) is 34.0 Å². The molecule has 4 nitrogen and oxygen atoms in total. The molecule has 4 rings (SSSR count). The van der Waals surface area contributed by atoms with E-state index in [1.807, 2.05) is 32.9 Å². The first kappa shape index (κ1) is 24.0. The van der Waals surface area contributed by atoms with Crippen LogP contribution in [-0.2, 0) is 14.3 Å². The van der Waals surface area contributed by atoms with Gasteiger partial charge >= 0.3 is 11.9 Å². The maximum Gasteiger partial charge on any atom is 0.331 e. The van der Waals surface area contributed by atoms with Crippen LogP contribution in [0.2, 0.25) is 0 Å². The van der Waals surface area contributed by atoms with E-state index in [0.29, 0.717) is 17.1 Å². The third kappa shape index (κ3) is 4.15. The zero-order valence-corrected chi connectivity index (χ0v) is 21.4. The summed E-state index contributed by atoms with van der Waals surface area (Å²) in [6.45, 7) is 14.9. The predicted octanol–water partition coefficient (Wildman–Crippen LogP) is 6.83. The predicted molar refractivity (Wildman–Crippen MR) is 131 cm³/mol. The van der Waals surface area contributed by atoms with Gasteiger partial charge in [0, 0.05) is 12.0 Å². The molecular weight excluding hydrogens is 412 g/mol. The van der Waals surface area contributed by atoms with Gasteiger partial charge in [-0.25, -0.2) is 4.79 Å². The van der Waals surface area contributed by atoms with Crippen LogP contribution in [0.3, 0.4) is 0 Å². The Hall–Kier alpha value is -2.10. The third-order valence-corrected chi connectivity index (χ3v) is 9.22. The summed E-state index contributed by atoms with van der Waals surface area (Å²) in [4.78, 5) is 24.9. The average molecular weight is 453 g/mol. The molecule has 0 amide bonds. The molecule has 33 heavy (non-hydrogen) atoms. The molecule has 0 saturated heterocycles. The van der Waals surface area contributed by atoms with Gasteiger partial charge in [-0.1, -0.05) is 32.9 Å². The van der Waals surface area contributed by atoms with E-state index in [0.717, 1.165) is 23.8 Å². The third-order valence-electron chi connectivity index (χ3n) is 9.22. The minimum Gasteiger partial charge on any atom is -0.456 e. The summed E-state index contributed by atoms with van der Waals surface area (Å²) >= 11 is 0. The van der Waals surface area contributed by atoms with Crippen molar-refractivity contribution in [2.45, 2.75) is 86.2 Å². The molecule has 3 saturated carbocycles. The summed E-state index contributed by atoms with van der Waals surface area (Å²) in [6, 6.07) is 7.17. The van der Waals surface area contributed by atoms with Crippen LogP contribution >= 0.6 is 0 Å². The highest BCUT2D eigenvalue weighted by Gasteiger charge is 2.68. The fraction of sp³-hybridized carbons (Fsp3) is 0.655. The van der Waals surface area contributed by atoms with Crippen molar-refractivity contribution in [1.29, 1.82) is 0 Å². The Kier molecular flexibility index (Phi) is 5.82. The highest BCUT2D eigenvalue weighted by Crippen LogP contribution is 2.73. The molecule has 5 atom stereocenters. The highest BCUT2D eigenvalue weighted by molar-refractivity contribution is 5.87. The summed E-state index contributed by atoms with van der Waals surface area (Å²) in [5, 5.41) is 0. The lowest BCUT2D eigenvalue weighted by Crippen LogP contribution is -2.47. The molecule has 3 aliphatic rings. The standard InChI is InChI=1S/C29H40O4/c1-19-8-14-22-27(5,6)23-18-29(19,22)17-16-28(23,7)33-24(30)15-11-20-9-12-21(13-10-20)32-25(31)26(2,3)4/h9-13,15,19,22-23H,8,14,16-18H2,1-7H3/b15-11+/t19-,22+,23-,28-,29+/m1/s1. The van der Waals surface area contributed by atoms with Crippen molar-refractivity contribution in [3.05, 3.63) is 35.9 Å². The second-order valence-electron chi connectivity index (χ2n) is 12.6. The molecule has 1 spiro atoms. The van der Waals surface area contributed by atoms with Crippen LogP contribution < -0.4 is 4.74 Å². The number of hydrogen-bond acceptors (Lipinski definition) is 4. The van der Waals surface area contributed by atoms with Gasteiger partial charge in [0.25, 0.3) is 0 Å². The van der Waals surface area contributed by atoms with Gasteiger partial charge in [-0.2, -0.15) is 0 Å². The zero-order valence-electron chi connectivity index (χ0n) is 21.4. The van der Waals surface area contributed by atoms with Gasteiger partial charge in [-0.15, -0.1) is 0 Å². The van der Waals surface area contributed by atoms with Crippen LogP contribution in [0, 0.1) is 34.0 Å². The van der Waals surface area contributed by atoms with Gasteiger partial charge in [0.1, 0.15) is 11.4 Å². The van der Waals surface area contributed by atoms with Gasteiger partial charge in [0.15, 0.2) is 0 Å². The van der Waals surface area contributed by atoms with E-state index in [4.69, 9.17) is 9.47 Å². The maximum absolute atomic E-state index is 12.8. The number of ether oxygens (including phenoxy) is 2. The molecule has 3 aliphatic carbocycles. The van der Waals surface area contributed by atoms with E-state index in [9.17, 15) is 9.59 Å².